The van der Waals surface area contributed by atoms with Gasteiger partial charge in [-0.3, -0.25) is 4.99 Å². The molecule has 1 aliphatic rings. The molecule has 1 heterocycles. The molecule has 0 spiro atoms. The molecule has 0 radical (unpaired) electrons. The minimum absolute atomic E-state index is 0. The Morgan fingerprint density at radius 1 is 1.26 bits per heavy atom. The van der Waals surface area contributed by atoms with E-state index in [4.69, 9.17) is 4.74 Å². The van der Waals surface area contributed by atoms with E-state index < -0.39 is 0 Å². The summed E-state index contributed by atoms with van der Waals surface area (Å²) in [6.45, 7) is 3.13. The Labute approximate surface area is 154 Å². The number of hydrogen-bond acceptors (Lipinski definition) is 2. The fourth-order valence-corrected chi connectivity index (χ4v) is 2.37. The topological polar surface area (TPSA) is 45.7 Å². The van der Waals surface area contributed by atoms with Crippen LogP contribution in [0.1, 0.15) is 18.4 Å². The number of halogens is 2. The molecule has 0 bridgehead atoms. The first-order chi connectivity index (χ1) is 10.8. The molecular formula is C17H25FIN3O. The number of aliphatic imine (C=N–C) groups is 1. The summed E-state index contributed by atoms with van der Waals surface area (Å²) in [5.74, 6) is 0.591. The smallest absolute Gasteiger partial charge is 0.190 e. The first-order valence-electron chi connectivity index (χ1n) is 7.72. The Morgan fingerprint density at radius 3 is 2.70 bits per heavy atom. The third-order valence-corrected chi connectivity index (χ3v) is 3.61. The predicted octanol–water partition coefficient (Wildman–Crippen LogP) is 2.89. The second kappa shape index (κ2) is 11.4. The van der Waals surface area contributed by atoms with E-state index in [-0.39, 0.29) is 29.8 Å². The van der Waals surface area contributed by atoms with Crippen molar-refractivity contribution in [2.75, 3.05) is 33.4 Å². The van der Waals surface area contributed by atoms with E-state index in [1.54, 1.807) is 19.2 Å². The van der Waals surface area contributed by atoms with Crippen molar-refractivity contribution in [3.8, 4) is 0 Å². The molecule has 0 aliphatic carbocycles. The van der Waals surface area contributed by atoms with Crippen LogP contribution in [0, 0.1) is 5.82 Å². The van der Waals surface area contributed by atoms with Gasteiger partial charge in [0.15, 0.2) is 5.96 Å². The van der Waals surface area contributed by atoms with Crippen LogP contribution in [-0.2, 0) is 11.2 Å². The van der Waals surface area contributed by atoms with Crippen LogP contribution in [0.5, 0.6) is 0 Å². The van der Waals surface area contributed by atoms with Crippen LogP contribution in [0.2, 0.25) is 0 Å². The summed E-state index contributed by atoms with van der Waals surface area (Å²) in [5.41, 5.74) is 2.42. The Bertz CT molecular complexity index is 534. The van der Waals surface area contributed by atoms with Gasteiger partial charge in [-0.05, 0) is 37.0 Å². The van der Waals surface area contributed by atoms with Crippen molar-refractivity contribution in [1.82, 2.24) is 10.6 Å². The lowest BCUT2D eigenvalue weighted by molar-refractivity contribution is 0.153. The van der Waals surface area contributed by atoms with Crippen LogP contribution in [0.3, 0.4) is 0 Å². The summed E-state index contributed by atoms with van der Waals surface area (Å²) < 4.78 is 18.4. The minimum atomic E-state index is -0.190. The lowest BCUT2D eigenvalue weighted by atomic mass is 10.1. The molecule has 2 rings (SSSR count). The molecule has 0 fully saturated rings. The number of nitrogens with one attached hydrogen (secondary N) is 2. The summed E-state index contributed by atoms with van der Waals surface area (Å²) in [5, 5.41) is 6.54. The van der Waals surface area contributed by atoms with Gasteiger partial charge in [0.05, 0.1) is 13.2 Å². The van der Waals surface area contributed by atoms with Crippen molar-refractivity contribution in [3.05, 3.63) is 47.3 Å². The maximum atomic E-state index is 13.1. The predicted molar refractivity (Wildman–Crippen MR) is 103 cm³/mol. The molecule has 6 heteroatoms. The van der Waals surface area contributed by atoms with Crippen LogP contribution in [0.15, 0.2) is 40.9 Å². The molecule has 0 atom stereocenters. The second-order valence-corrected chi connectivity index (χ2v) is 5.24. The highest BCUT2D eigenvalue weighted by Gasteiger charge is 2.04. The number of ether oxygens (including phenoxy) is 1. The molecule has 128 valence electrons. The molecule has 1 aliphatic heterocycles. The minimum Gasteiger partial charge on any atom is -0.377 e. The van der Waals surface area contributed by atoms with Gasteiger partial charge < -0.3 is 15.4 Å². The Morgan fingerprint density at radius 2 is 2.04 bits per heavy atom. The van der Waals surface area contributed by atoms with Crippen LogP contribution in [-0.4, -0.2) is 39.3 Å². The van der Waals surface area contributed by atoms with E-state index in [0.717, 1.165) is 57.1 Å². The van der Waals surface area contributed by atoms with Crippen molar-refractivity contribution in [2.45, 2.75) is 19.3 Å². The second-order valence-electron chi connectivity index (χ2n) is 5.24. The van der Waals surface area contributed by atoms with Crippen molar-refractivity contribution in [3.63, 3.8) is 0 Å². The average molecular weight is 433 g/mol. The number of nitrogens with zero attached hydrogens (tertiary/aromatic N) is 1. The monoisotopic (exact) mass is 433 g/mol. The summed E-state index contributed by atoms with van der Waals surface area (Å²) in [7, 11) is 1.76. The number of benzene rings is 1. The van der Waals surface area contributed by atoms with Gasteiger partial charge in [-0.15, -0.1) is 24.0 Å². The highest BCUT2D eigenvalue weighted by molar-refractivity contribution is 14.0. The van der Waals surface area contributed by atoms with Crippen LogP contribution in [0.25, 0.3) is 0 Å². The Balaban J connectivity index is 0.00000264. The zero-order valence-electron chi connectivity index (χ0n) is 13.5. The Kier molecular flexibility index (Phi) is 9.86. The molecule has 1 aromatic rings. The molecule has 0 unspecified atom stereocenters. The fraction of sp³-hybridized carbons (Fsp3) is 0.471. The molecule has 0 amide bonds. The van der Waals surface area contributed by atoms with E-state index in [1.807, 2.05) is 6.07 Å². The van der Waals surface area contributed by atoms with E-state index in [0.29, 0.717) is 0 Å². The van der Waals surface area contributed by atoms with Crippen LogP contribution < -0.4 is 10.6 Å². The first kappa shape index (κ1) is 19.9. The highest BCUT2D eigenvalue weighted by Crippen LogP contribution is 2.10. The molecule has 4 nitrogen and oxygen atoms in total. The number of guanidine groups is 1. The number of rotatable bonds is 6. The molecule has 1 aromatic carbocycles. The van der Waals surface area contributed by atoms with Gasteiger partial charge in [-0.1, -0.05) is 23.8 Å². The standard InChI is InChI=1S/C17H24FN3O.HI/c1-19-17(20-9-5-14-7-11-22-12-8-14)21-10-6-15-3-2-4-16(18)13-15;/h2-4,7,13H,5-6,8-12H2,1H3,(H2,19,20,21);1H. The van der Waals surface area contributed by atoms with E-state index in [9.17, 15) is 4.39 Å². The molecule has 0 saturated heterocycles. The first-order valence-corrected chi connectivity index (χ1v) is 7.72. The van der Waals surface area contributed by atoms with Crippen molar-refractivity contribution >= 4 is 29.9 Å². The molecular weight excluding hydrogens is 408 g/mol. The van der Waals surface area contributed by atoms with Gasteiger partial charge in [0.25, 0.3) is 0 Å². The maximum absolute atomic E-state index is 13.1. The summed E-state index contributed by atoms with van der Waals surface area (Å²) >= 11 is 0. The summed E-state index contributed by atoms with van der Waals surface area (Å²) in [4.78, 5) is 4.20. The van der Waals surface area contributed by atoms with Gasteiger partial charge in [0.2, 0.25) is 0 Å². The summed E-state index contributed by atoms with van der Waals surface area (Å²) in [6.07, 6.45) is 4.95. The normalized spacial score (nSPS) is 14.7. The molecule has 0 aromatic heterocycles. The van der Waals surface area contributed by atoms with E-state index in [2.05, 4.69) is 21.7 Å². The third-order valence-electron chi connectivity index (χ3n) is 3.61. The van der Waals surface area contributed by atoms with Gasteiger partial charge in [0, 0.05) is 20.1 Å². The molecule has 23 heavy (non-hydrogen) atoms. The van der Waals surface area contributed by atoms with Gasteiger partial charge in [-0.25, -0.2) is 4.39 Å². The van der Waals surface area contributed by atoms with Crippen molar-refractivity contribution in [2.24, 2.45) is 4.99 Å². The van der Waals surface area contributed by atoms with Crippen LogP contribution >= 0.6 is 24.0 Å². The fourth-order valence-electron chi connectivity index (χ4n) is 2.37. The summed E-state index contributed by atoms with van der Waals surface area (Å²) in [6, 6.07) is 6.69. The van der Waals surface area contributed by atoms with Gasteiger partial charge in [0.1, 0.15) is 5.82 Å². The maximum Gasteiger partial charge on any atom is 0.190 e. The quantitative estimate of drug-likeness (QED) is 0.314. The SMILES string of the molecule is CN=C(NCCC1=CCOCC1)NCCc1cccc(F)c1.I. The lowest BCUT2D eigenvalue weighted by Gasteiger charge is -2.15. The van der Waals surface area contributed by atoms with E-state index in [1.165, 1.54) is 11.6 Å². The van der Waals surface area contributed by atoms with Gasteiger partial charge >= 0.3 is 0 Å². The van der Waals surface area contributed by atoms with Crippen molar-refractivity contribution < 1.29 is 9.13 Å². The lowest BCUT2D eigenvalue weighted by Crippen LogP contribution is -2.38. The third kappa shape index (κ3) is 7.78. The highest BCUT2D eigenvalue weighted by atomic mass is 127. The Hall–Kier alpha value is -1.15. The zero-order valence-corrected chi connectivity index (χ0v) is 15.8. The van der Waals surface area contributed by atoms with Crippen molar-refractivity contribution in [1.29, 1.82) is 0 Å². The molecule has 0 saturated carbocycles. The largest absolute Gasteiger partial charge is 0.377 e. The van der Waals surface area contributed by atoms with E-state index >= 15 is 0 Å². The number of hydrogen-bond donors (Lipinski definition) is 2. The van der Waals surface area contributed by atoms with Crippen LogP contribution in [0.4, 0.5) is 4.39 Å². The molecule has 2 N–H and O–H groups in total. The van der Waals surface area contributed by atoms with Gasteiger partial charge in [-0.2, -0.15) is 0 Å². The average Bonchev–Trinajstić information content (AvgIpc) is 2.54. The zero-order chi connectivity index (χ0) is 15.6.